The summed E-state index contributed by atoms with van der Waals surface area (Å²) < 4.78 is 0. The maximum absolute atomic E-state index is 2.29. The van der Waals surface area contributed by atoms with Crippen molar-refractivity contribution in [2.45, 2.75) is 25.7 Å². The molecule has 1 saturated heterocycles. The molecule has 14 heavy (non-hydrogen) atoms. The Morgan fingerprint density at radius 2 is 2.07 bits per heavy atom. The Morgan fingerprint density at radius 1 is 1.29 bits per heavy atom. The number of piperidine rings is 1. The largest absolute Gasteiger partial charge is 0.335 e. The molecule has 1 aliphatic rings. The minimum Gasteiger partial charge on any atom is -0.335 e. The van der Waals surface area contributed by atoms with Gasteiger partial charge in [-0.3, -0.25) is 0 Å². The van der Waals surface area contributed by atoms with Crippen LogP contribution >= 0.6 is 0 Å². The van der Waals surface area contributed by atoms with Crippen molar-refractivity contribution in [3.8, 4) is 0 Å². The number of rotatable bonds is 2. The second-order valence-corrected chi connectivity index (χ2v) is 4.31. The van der Waals surface area contributed by atoms with Crippen LogP contribution in [0.1, 0.15) is 31.2 Å². The normalized spacial score (nSPS) is 27.5. The van der Waals surface area contributed by atoms with Crippen molar-refractivity contribution in [2.75, 3.05) is 19.6 Å². The average molecular weight is 190 g/mol. The van der Waals surface area contributed by atoms with Crippen molar-refractivity contribution in [2.24, 2.45) is 0 Å². The van der Waals surface area contributed by atoms with Crippen LogP contribution in [0, 0.1) is 0 Å². The fraction of sp³-hybridized carbons (Fsp3) is 0.538. The maximum Gasteiger partial charge on any atom is 0.0840 e. The van der Waals surface area contributed by atoms with Gasteiger partial charge in [-0.1, -0.05) is 30.3 Å². The zero-order chi connectivity index (χ0) is 9.80. The van der Waals surface area contributed by atoms with Gasteiger partial charge in [0.1, 0.15) is 0 Å². The van der Waals surface area contributed by atoms with Gasteiger partial charge >= 0.3 is 0 Å². The molecule has 1 aromatic carbocycles. The lowest BCUT2D eigenvalue weighted by Gasteiger charge is -2.29. The van der Waals surface area contributed by atoms with Gasteiger partial charge < -0.3 is 4.90 Å². The first-order chi connectivity index (χ1) is 6.90. The summed E-state index contributed by atoms with van der Waals surface area (Å²) in [6, 6.07) is 11.0. The predicted molar refractivity (Wildman–Crippen MR) is 59.7 cm³/mol. The van der Waals surface area contributed by atoms with E-state index in [9.17, 15) is 0 Å². The molecule has 1 N–H and O–H groups in total. The fourth-order valence-electron chi connectivity index (χ4n) is 2.48. The summed E-state index contributed by atoms with van der Waals surface area (Å²) in [6.45, 7) is 6.28. The summed E-state index contributed by atoms with van der Waals surface area (Å²) in [6.07, 6.45) is 2.77. The number of likely N-dealkylation sites (N-methyl/N-ethyl adjacent to an activating group) is 1. The number of quaternary nitrogens is 1. The monoisotopic (exact) mass is 190 g/mol. The highest BCUT2D eigenvalue weighted by atomic mass is 15.1. The molecule has 0 spiro atoms. The van der Waals surface area contributed by atoms with Gasteiger partial charge in [0.15, 0.2) is 0 Å². The zero-order valence-corrected chi connectivity index (χ0v) is 9.00. The Morgan fingerprint density at radius 3 is 2.79 bits per heavy atom. The number of likely N-dealkylation sites (tertiary alicyclic amines) is 1. The van der Waals surface area contributed by atoms with Gasteiger partial charge in [-0.05, 0) is 25.3 Å². The molecular weight excluding hydrogens is 170 g/mol. The molecular formula is C13H20N+. The van der Waals surface area contributed by atoms with E-state index in [4.69, 9.17) is 0 Å². The van der Waals surface area contributed by atoms with Gasteiger partial charge in [-0.15, -0.1) is 0 Å². The van der Waals surface area contributed by atoms with Crippen molar-refractivity contribution in [1.29, 1.82) is 0 Å². The SMILES string of the molecule is CC[NH+]1CCCC(c2ccccc2)C1. The third kappa shape index (κ3) is 2.16. The smallest absolute Gasteiger partial charge is 0.0840 e. The van der Waals surface area contributed by atoms with Crippen LogP contribution in [0.5, 0.6) is 0 Å². The van der Waals surface area contributed by atoms with Gasteiger partial charge in [0, 0.05) is 5.92 Å². The van der Waals surface area contributed by atoms with E-state index in [-0.39, 0.29) is 0 Å². The number of hydrogen-bond acceptors (Lipinski definition) is 0. The molecule has 2 unspecified atom stereocenters. The summed E-state index contributed by atoms with van der Waals surface area (Å²) in [4.78, 5) is 1.77. The molecule has 0 aliphatic carbocycles. The second kappa shape index (κ2) is 4.61. The molecule has 0 amide bonds. The molecule has 2 atom stereocenters. The Kier molecular flexibility index (Phi) is 3.20. The second-order valence-electron chi connectivity index (χ2n) is 4.31. The predicted octanol–water partition coefficient (Wildman–Crippen LogP) is 1.47. The molecule has 1 aliphatic heterocycles. The Bertz CT molecular complexity index is 268. The van der Waals surface area contributed by atoms with Crippen molar-refractivity contribution in [3.63, 3.8) is 0 Å². The summed E-state index contributed by atoms with van der Waals surface area (Å²) >= 11 is 0. The molecule has 2 rings (SSSR count). The van der Waals surface area contributed by atoms with Crippen LogP contribution < -0.4 is 4.90 Å². The van der Waals surface area contributed by atoms with Crippen LogP contribution in [0.3, 0.4) is 0 Å². The summed E-state index contributed by atoms with van der Waals surface area (Å²) in [7, 11) is 0. The van der Waals surface area contributed by atoms with Crippen LogP contribution in [-0.4, -0.2) is 19.6 Å². The van der Waals surface area contributed by atoms with E-state index in [0.29, 0.717) is 0 Å². The summed E-state index contributed by atoms with van der Waals surface area (Å²) in [5, 5.41) is 0. The highest BCUT2D eigenvalue weighted by molar-refractivity contribution is 5.19. The number of benzene rings is 1. The van der Waals surface area contributed by atoms with Crippen LogP contribution in [-0.2, 0) is 0 Å². The highest BCUT2D eigenvalue weighted by Crippen LogP contribution is 2.20. The lowest BCUT2D eigenvalue weighted by atomic mass is 9.91. The van der Waals surface area contributed by atoms with E-state index in [2.05, 4.69) is 37.3 Å². The van der Waals surface area contributed by atoms with Crippen molar-refractivity contribution < 1.29 is 4.90 Å². The topological polar surface area (TPSA) is 4.44 Å². The van der Waals surface area contributed by atoms with Crippen LogP contribution in [0.2, 0.25) is 0 Å². The molecule has 1 heterocycles. The number of nitrogens with one attached hydrogen (secondary N) is 1. The molecule has 1 heteroatoms. The average Bonchev–Trinajstić information content (AvgIpc) is 2.30. The van der Waals surface area contributed by atoms with Crippen molar-refractivity contribution in [1.82, 2.24) is 0 Å². The quantitative estimate of drug-likeness (QED) is 0.720. The Hall–Kier alpha value is -0.820. The summed E-state index contributed by atoms with van der Waals surface area (Å²) in [5.74, 6) is 0.805. The first-order valence-electron chi connectivity index (χ1n) is 5.78. The number of hydrogen-bond donors (Lipinski definition) is 1. The molecule has 0 radical (unpaired) electrons. The Balaban J connectivity index is 2.04. The molecule has 1 aromatic rings. The van der Waals surface area contributed by atoms with E-state index >= 15 is 0 Å². The first-order valence-corrected chi connectivity index (χ1v) is 5.78. The van der Waals surface area contributed by atoms with Crippen LogP contribution in [0.4, 0.5) is 0 Å². The van der Waals surface area contributed by atoms with Gasteiger partial charge in [-0.25, -0.2) is 0 Å². The lowest BCUT2D eigenvalue weighted by Crippen LogP contribution is -3.13. The minimum absolute atomic E-state index is 0.805. The fourth-order valence-corrected chi connectivity index (χ4v) is 2.48. The first kappa shape index (κ1) is 9.72. The molecule has 0 saturated carbocycles. The molecule has 1 nitrogen and oxygen atoms in total. The van der Waals surface area contributed by atoms with Crippen LogP contribution in [0.25, 0.3) is 0 Å². The van der Waals surface area contributed by atoms with Crippen molar-refractivity contribution >= 4 is 0 Å². The molecule has 0 bridgehead atoms. The Labute approximate surface area is 86.7 Å². The highest BCUT2D eigenvalue weighted by Gasteiger charge is 2.22. The van der Waals surface area contributed by atoms with E-state index in [0.717, 1.165) is 5.92 Å². The maximum atomic E-state index is 2.29. The van der Waals surface area contributed by atoms with Crippen molar-refractivity contribution in [3.05, 3.63) is 35.9 Å². The van der Waals surface area contributed by atoms with Gasteiger partial charge in [0.2, 0.25) is 0 Å². The van der Waals surface area contributed by atoms with Gasteiger partial charge in [0.25, 0.3) is 0 Å². The molecule has 76 valence electrons. The molecule has 0 aromatic heterocycles. The zero-order valence-electron chi connectivity index (χ0n) is 9.00. The molecule has 1 fully saturated rings. The third-order valence-electron chi connectivity index (χ3n) is 3.39. The van der Waals surface area contributed by atoms with E-state index in [1.807, 2.05) is 0 Å². The minimum atomic E-state index is 0.805. The van der Waals surface area contributed by atoms with Gasteiger partial charge in [-0.2, -0.15) is 0 Å². The van der Waals surface area contributed by atoms with E-state index in [1.165, 1.54) is 38.0 Å². The van der Waals surface area contributed by atoms with Crippen LogP contribution in [0.15, 0.2) is 30.3 Å². The third-order valence-corrected chi connectivity index (χ3v) is 3.39. The lowest BCUT2D eigenvalue weighted by molar-refractivity contribution is -0.904. The summed E-state index contributed by atoms with van der Waals surface area (Å²) in [5.41, 5.74) is 1.54. The standard InChI is InChI=1S/C13H19N/c1-2-14-10-6-9-13(11-14)12-7-4-3-5-8-12/h3-5,7-8,13H,2,6,9-11H2,1H3/p+1. The van der Waals surface area contributed by atoms with Gasteiger partial charge in [0.05, 0.1) is 19.6 Å². The van der Waals surface area contributed by atoms with E-state index in [1.54, 1.807) is 4.90 Å². The van der Waals surface area contributed by atoms with E-state index < -0.39 is 0 Å².